The molecule has 1 fully saturated rings. The second-order valence-corrected chi connectivity index (χ2v) is 6.32. The molecule has 1 atom stereocenters. The molecule has 1 aliphatic carbocycles. The molecule has 0 aliphatic heterocycles. The number of nitrogens with two attached hydrogens (primary N) is 1. The molecule has 1 aromatic carbocycles. The third kappa shape index (κ3) is 1.83. The first kappa shape index (κ1) is 13.4. The van der Waals surface area contributed by atoms with E-state index in [4.69, 9.17) is 5.73 Å². The van der Waals surface area contributed by atoms with E-state index in [9.17, 15) is 0 Å². The molecule has 0 bridgehead atoms. The predicted octanol–water partition coefficient (Wildman–Crippen LogP) is 3.34. The van der Waals surface area contributed by atoms with Gasteiger partial charge in [-0.15, -0.1) is 0 Å². The van der Waals surface area contributed by atoms with Crippen LogP contribution < -0.4 is 10.6 Å². The van der Waals surface area contributed by atoms with E-state index < -0.39 is 0 Å². The molecule has 2 nitrogen and oxygen atoms in total. The standard InChI is InChI=1S/C16H26N2/c1-13-8-5-6-9-14(13)18(4)16(12-17)11-7-10-15(16,2)3/h5-6,8-9H,7,10-12,17H2,1-4H3. The van der Waals surface area contributed by atoms with Crippen LogP contribution in [0.25, 0.3) is 0 Å². The number of likely N-dealkylation sites (N-methyl/N-ethyl adjacent to an activating group) is 1. The van der Waals surface area contributed by atoms with Crippen molar-refractivity contribution in [3.8, 4) is 0 Å². The summed E-state index contributed by atoms with van der Waals surface area (Å²) in [6, 6.07) is 8.60. The normalized spacial score (nSPS) is 26.3. The van der Waals surface area contributed by atoms with Crippen LogP contribution in [0.4, 0.5) is 5.69 Å². The fourth-order valence-electron chi connectivity index (χ4n) is 3.70. The molecule has 0 spiro atoms. The van der Waals surface area contributed by atoms with Gasteiger partial charge in [0.25, 0.3) is 0 Å². The van der Waals surface area contributed by atoms with Gasteiger partial charge in [0, 0.05) is 19.3 Å². The number of rotatable bonds is 3. The first-order chi connectivity index (χ1) is 8.44. The average molecular weight is 246 g/mol. The molecule has 100 valence electrons. The van der Waals surface area contributed by atoms with Crippen molar-refractivity contribution >= 4 is 5.69 Å². The van der Waals surface area contributed by atoms with Gasteiger partial charge < -0.3 is 10.6 Å². The zero-order valence-electron chi connectivity index (χ0n) is 12.2. The number of benzene rings is 1. The molecule has 1 unspecified atom stereocenters. The number of nitrogens with zero attached hydrogens (tertiary/aromatic N) is 1. The Morgan fingerprint density at radius 3 is 2.39 bits per heavy atom. The maximum Gasteiger partial charge on any atom is 0.0571 e. The molecule has 18 heavy (non-hydrogen) atoms. The van der Waals surface area contributed by atoms with Crippen LogP contribution in [-0.2, 0) is 0 Å². The number of anilines is 1. The minimum atomic E-state index is 0.0963. The Labute approximate surface area is 111 Å². The van der Waals surface area contributed by atoms with Crippen molar-refractivity contribution in [1.29, 1.82) is 0 Å². The number of hydrogen-bond acceptors (Lipinski definition) is 2. The maximum atomic E-state index is 6.19. The number of para-hydroxylation sites is 1. The molecule has 1 saturated carbocycles. The minimum absolute atomic E-state index is 0.0963. The van der Waals surface area contributed by atoms with Crippen LogP contribution in [0.15, 0.2) is 24.3 Å². The quantitative estimate of drug-likeness (QED) is 0.886. The van der Waals surface area contributed by atoms with Crippen LogP contribution in [0.3, 0.4) is 0 Å². The summed E-state index contributed by atoms with van der Waals surface area (Å²) in [6.45, 7) is 7.63. The summed E-state index contributed by atoms with van der Waals surface area (Å²) < 4.78 is 0. The van der Waals surface area contributed by atoms with E-state index in [-0.39, 0.29) is 11.0 Å². The van der Waals surface area contributed by atoms with Crippen molar-refractivity contribution in [3.05, 3.63) is 29.8 Å². The van der Waals surface area contributed by atoms with E-state index in [1.165, 1.54) is 30.5 Å². The highest BCUT2D eigenvalue weighted by atomic mass is 15.2. The topological polar surface area (TPSA) is 29.3 Å². The Hall–Kier alpha value is -1.02. The van der Waals surface area contributed by atoms with Crippen molar-refractivity contribution < 1.29 is 0 Å². The van der Waals surface area contributed by atoms with Crippen LogP contribution in [0.5, 0.6) is 0 Å². The molecule has 2 heteroatoms. The van der Waals surface area contributed by atoms with Gasteiger partial charge in [-0.2, -0.15) is 0 Å². The van der Waals surface area contributed by atoms with Crippen molar-refractivity contribution in [2.45, 2.75) is 45.6 Å². The third-order valence-electron chi connectivity index (χ3n) is 5.11. The zero-order chi connectivity index (χ0) is 13.4. The lowest BCUT2D eigenvalue weighted by molar-refractivity contribution is 0.207. The third-order valence-corrected chi connectivity index (χ3v) is 5.11. The van der Waals surface area contributed by atoms with Gasteiger partial charge in [0.05, 0.1) is 5.54 Å². The van der Waals surface area contributed by atoms with Gasteiger partial charge in [0.15, 0.2) is 0 Å². The molecule has 0 heterocycles. The molecular formula is C16H26N2. The Kier molecular flexibility index (Phi) is 3.41. The van der Waals surface area contributed by atoms with E-state index in [0.717, 1.165) is 6.54 Å². The second-order valence-electron chi connectivity index (χ2n) is 6.32. The van der Waals surface area contributed by atoms with E-state index in [1.54, 1.807) is 0 Å². The smallest absolute Gasteiger partial charge is 0.0571 e. The van der Waals surface area contributed by atoms with Gasteiger partial charge in [-0.25, -0.2) is 0 Å². The fourth-order valence-corrected chi connectivity index (χ4v) is 3.70. The van der Waals surface area contributed by atoms with Crippen LogP contribution in [0.2, 0.25) is 0 Å². The summed E-state index contributed by atoms with van der Waals surface area (Å²) in [4.78, 5) is 2.44. The van der Waals surface area contributed by atoms with Gasteiger partial charge in [0.2, 0.25) is 0 Å². The maximum absolute atomic E-state index is 6.19. The highest BCUT2D eigenvalue weighted by Gasteiger charge is 2.50. The van der Waals surface area contributed by atoms with Crippen molar-refractivity contribution in [1.82, 2.24) is 0 Å². The molecule has 1 aliphatic rings. The van der Waals surface area contributed by atoms with Crippen LogP contribution in [0.1, 0.15) is 38.7 Å². The molecule has 0 saturated heterocycles. The van der Waals surface area contributed by atoms with E-state index in [2.05, 4.69) is 57.0 Å². The van der Waals surface area contributed by atoms with Gasteiger partial charge >= 0.3 is 0 Å². The van der Waals surface area contributed by atoms with Crippen molar-refractivity contribution in [2.24, 2.45) is 11.1 Å². The van der Waals surface area contributed by atoms with E-state index in [1.807, 2.05) is 0 Å². The van der Waals surface area contributed by atoms with Gasteiger partial charge in [-0.05, 0) is 36.8 Å². The molecule has 0 amide bonds. The average Bonchev–Trinajstić information content (AvgIpc) is 2.65. The lowest BCUT2D eigenvalue weighted by Gasteiger charge is -2.49. The highest BCUT2D eigenvalue weighted by Crippen LogP contribution is 2.50. The summed E-state index contributed by atoms with van der Waals surface area (Å²) in [6.07, 6.45) is 3.74. The Balaban J connectivity index is 2.43. The summed E-state index contributed by atoms with van der Waals surface area (Å²) in [5.41, 5.74) is 9.21. The lowest BCUT2D eigenvalue weighted by Crippen LogP contribution is -2.58. The molecular weight excluding hydrogens is 220 g/mol. The van der Waals surface area contributed by atoms with E-state index in [0.29, 0.717) is 0 Å². The molecule has 0 radical (unpaired) electrons. The van der Waals surface area contributed by atoms with Crippen molar-refractivity contribution in [2.75, 3.05) is 18.5 Å². The molecule has 0 aromatic heterocycles. The van der Waals surface area contributed by atoms with Crippen LogP contribution >= 0.6 is 0 Å². The molecule has 2 N–H and O–H groups in total. The van der Waals surface area contributed by atoms with Crippen LogP contribution in [-0.4, -0.2) is 19.1 Å². The zero-order valence-corrected chi connectivity index (χ0v) is 12.2. The summed E-state index contributed by atoms with van der Waals surface area (Å²) in [5.74, 6) is 0. The van der Waals surface area contributed by atoms with Gasteiger partial charge in [0.1, 0.15) is 0 Å². The number of hydrogen-bond donors (Lipinski definition) is 1. The van der Waals surface area contributed by atoms with Crippen molar-refractivity contribution in [3.63, 3.8) is 0 Å². The molecule has 1 aromatic rings. The predicted molar refractivity (Wildman–Crippen MR) is 79.0 cm³/mol. The Morgan fingerprint density at radius 1 is 1.22 bits per heavy atom. The SMILES string of the molecule is Cc1ccccc1N(C)C1(CN)CCCC1(C)C. The van der Waals surface area contributed by atoms with Gasteiger partial charge in [-0.3, -0.25) is 0 Å². The highest BCUT2D eigenvalue weighted by molar-refractivity contribution is 5.55. The second kappa shape index (κ2) is 4.58. The van der Waals surface area contributed by atoms with Gasteiger partial charge in [-0.1, -0.05) is 38.5 Å². The van der Waals surface area contributed by atoms with E-state index >= 15 is 0 Å². The summed E-state index contributed by atoms with van der Waals surface area (Å²) >= 11 is 0. The molecule has 2 rings (SSSR count). The first-order valence-electron chi connectivity index (χ1n) is 6.94. The van der Waals surface area contributed by atoms with Crippen LogP contribution in [0, 0.1) is 12.3 Å². The lowest BCUT2D eigenvalue weighted by atomic mass is 9.73. The fraction of sp³-hybridized carbons (Fsp3) is 0.625. The Morgan fingerprint density at radius 2 is 1.89 bits per heavy atom. The summed E-state index contributed by atoms with van der Waals surface area (Å²) in [5, 5.41) is 0. The summed E-state index contributed by atoms with van der Waals surface area (Å²) in [7, 11) is 2.21. The Bertz CT molecular complexity index is 425. The number of aryl methyl sites for hydroxylation is 1. The monoisotopic (exact) mass is 246 g/mol. The largest absolute Gasteiger partial charge is 0.367 e. The first-order valence-corrected chi connectivity index (χ1v) is 6.94. The minimum Gasteiger partial charge on any atom is -0.367 e.